The Balaban J connectivity index is 1.35. The van der Waals surface area contributed by atoms with Gasteiger partial charge in [-0.2, -0.15) is 0 Å². The number of Topliss-reactive ketones (excluding diaryl/α,β-unsaturated/α-hetero) is 1. The fraction of sp³-hybridized carbons (Fsp3) is 0.280. The summed E-state index contributed by atoms with van der Waals surface area (Å²) in [6, 6.07) is 14.8. The minimum absolute atomic E-state index is 0.223. The van der Waals surface area contributed by atoms with Gasteiger partial charge in [-0.25, -0.2) is 9.78 Å². The number of ketones is 1. The first kappa shape index (κ1) is 23.0. The van der Waals surface area contributed by atoms with Crippen LogP contribution < -0.4 is 14.8 Å². The molecule has 1 aromatic heterocycles. The number of nitrogens with zero attached hydrogens (tertiary/aromatic N) is 1. The standard InChI is InChI=1S/C25H24N2O7/c1-15-22(26-24(33-15)17-8-4-3-5-9-17)18(28)14-32-19-12-11-16(13-21(19)31-2)7-6-10-20-23(29)27-25(30)34-20/h3-5,8-9,11-13,20H,6-7,10,14H2,1-2H3,(H,27,29,30). The van der Waals surface area contributed by atoms with Crippen molar-refractivity contribution >= 4 is 17.8 Å². The Hall–Kier alpha value is -4.14. The average molecular weight is 464 g/mol. The molecule has 1 N–H and O–H groups in total. The largest absolute Gasteiger partial charge is 0.493 e. The van der Waals surface area contributed by atoms with Crippen LogP contribution in [0.15, 0.2) is 52.9 Å². The predicted octanol–water partition coefficient (Wildman–Crippen LogP) is 3.88. The summed E-state index contributed by atoms with van der Waals surface area (Å²) in [7, 11) is 1.52. The van der Waals surface area contributed by atoms with Crippen molar-refractivity contribution in [3.05, 3.63) is 65.5 Å². The van der Waals surface area contributed by atoms with E-state index < -0.39 is 18.1 Å². The molecule has 4 rings (SSSR count). The highest BCUT2D eigenvalue weighted by atomic mass is 16.6. The van der Waals surface area contributed by atoms with E-state index in [4.69, 9.17) is 18.6 Å². The van der Waals surface area contributed by atoms with Crippen molar-refractivity contribution in [2.24, 2.45) is 0 Å². The van der Waals surface area contributed by atoms with Crippen LogP contribution in [0, 0.1) is 6.92 Å². The summed E-state index contributed by atoms with van der Waals surface area (Å²) in [6.07, 6.45) is 0.268. The van der Waals surface area contributed by atoms with E-state index in [0.717, 1.165) is 11.1 Å². The molecule has 1 atom stereocenters. The van der Waals surface area contributed by atoms with Crippen LogP contribution in [0.25, 0.3) is 11.5 Å². The van der Waals surface area contributed by atoms with Gasteiger partial charge < -0.3 is 18.6 Å². The van der Waals surface area contributed by atoms with Crippen molar-refractivity contribution < 1.29 is 33.0 Å². The second-order valence-corrected chi connectivity index (χ2v) is 7.76. The van der Waals surface area contributed by atoms with Crippen molar-refractivity contribution in [3.8, 4) is 23.0 Å². The molecule has 2 aromatic carbocycles. The van der Waals surface area contributed by atoms with E-state index in [0.29, 0.717) is 42.4 Å². The van der Waals surface area contributed by atoms with Crippen LogP contribution in [-0.2, 0) is 16.0 Å². The van der Waals surface area contributed by atoms with Gasteiger partial charge in [-0.3, -0.25) is 14.9 Å². The van der Waals surface area contributed by atoms with Gasteiger partial charge in [-0.05, 0) is 56.0 Å². The molecule has 0 radical (unpaired) electrons. The third-order valence-electron chi connectivity index (χ3n) is 5.37. The quantitative estimate of drug-likeness (QED) is 0.449. The van der Waals surface area contributed by atoms with Crippen LogP contribution in [0.2, 0.25) is 0 Å². The number of aryl methyl sites for hydroxylation is 2. The number of benzene rings is 2. The van der Waals surface area contributed by atoms with Gasteiger partial charge in [0.2, 0.25) is 11.7 Å². The number of carbonyl (C=O) groups excluding carboxylic acids is 3. The SMILES string of the molecule is COc1cc(CCCC2OC(=O)NC2=O)ccc1OCC(=O)c1nc(-c2ccccc2)oc1C. The number of carbonyl (C=O) groups is 3. The van der Waals surface area contributed by atoms with E-state index in [1.165, 1.54) is 7.11 Å². The maximum atomic E-state index is 12.7. The van der Waals surface area contributed by atoms with Gasteiger partial charge >= 0.3 is 6.09 Å². The number of rotatable bonds is 10. The zero-order chi connectivity index (χ0) is 24.1. The molecular formula is C25H24N2O7. The first-order valence-corrected chi connectivity index (χ1v) is 10.8. The lowest BCUT2D eigenvalue weighted by atomic mass is 10.1. The lowest BCUT2D eigenvalue weighted by Crippen LogP contribution is -2.24. The normalized spacial score (nSPS) is 15.1. The highest BCUT2D eigenvalue weighted by Crippen LogP contribution is 2.29. The summed E-state index contributed by atoms with van der Waals surface area (Å²) in [5, 5.41) is 2.11. The topological polar surface area (TPSA) is 117 Å². The number of amides is 2. The fourth-order valence-corrected chi connectivity index (χ4v) is 3.63. The lowest BCUT2D eigenvalue weighted by molar-refractivity contribution is -0.123. The highest BCUT2D eigenvalue weighted by molar-refractivity contribution is 5.99. The number of hydrogen-bond acceptors (Lipinski definition) is 8. The highest BCUT2D eigenvalue weighted by Gasteiger charge is 2.31. The molecule has 1 fully saturated rings. The zero-order valence-electron chi connectivity index (χ0n) is 18.8. The van der Waals surface area contributed by atoms with E-state index in [-0.39, 0.29) is 18.1 Å². The van der Waals surface area contributed by atoms with Crippen LogP contribution in [0.3, 0.4) is 0 Å². The van der Waals surface area contributed by atoms with Gasteiger partial charge in [0.25, 0.3) is 5.91 Å². The van der Waals surface area contributed by atoms with Gasteiger partial charge in [0.05, 0.1) is 7.11 Å². The number of cyclic esters (lactones) is 1. The van der Waals surface area contributed by atoms with Crippen molar-refractivity contribution in [1.82, 2.24) is 10.3 Å². The number of imide groups is 1. The summed E-state index contributed by atoms with van der Waals surface area (Å²) in [5.74, 6) is 1.00. The third kappa shape index (κ3) is 5.25. The molecule has 176 valence electrons. The van der Waals surface area contributed by atoms with Crippen molar-refractivity contribution in [1.29, 1.82) is 0 Å². The summed E-state index contributed by atoms with van der Waals surface area (Å²) in [5.41, 5.74) is 1.97. The van der Waals surface area contributed by atoms with Crippen molar-refractivity contribution in [3.63, 3.8) is 0 Å². The van der Waals surface area contributed by atoms with Gasteiger partial charge in [0.15, 0.2) is 29.9 Å². The monoisotopic (exact) mass is 464 g/mol. The number of ether oxygens (including phenoxy) is 3. The fourth-order valence-electron chi connectivity index (χ4n) is 3.63. The molecule has 34 heavy (non-hydrogen) atoms. The second-order valence-electron chi connectivity index (χ2n) is 7.76. The van der Waals surface area contributed by atoms with E-state index in [2.05, 4.69) is 10.3 Å². The van der Waals surface area contributed by atoms with Crippen LogP contribution in [-0.4, -0.2) is 42.6 Å². The van der Waals surface area contributed by atoms with Crippen molar-refractivity contribution in [2.45, 2.75) is 32.3 Å². The maximum Gasteiger partial charge on any atom is 0.414 e. The second kappa shape index (κ2) is 10.2. The zero-order valence-corrected chi connectivity index (χ0v) is 18.8. The predicted molar refractivity (Wildman–Crippen MR) is 121 cm³/mol. The molecule has 2 heterocycles. The maximum absolute atomic E-state index is 12.7. The number of hydrogen-bond donors (Lipinski definition) is 1. The van der Waals surface area contributed by atoms with Gasteiger partial charge in [-0.1, -0.05) is 24.3 Å². The molecule has 2 amide bonds. The molecule has 1 aliphatic rings. The first-order chi connectivity index (χ1) is 16.4. The van der Waals surface area contributed by atoms with Gasteiger partial charge in [-0.15, -0.1) is 0 Å². The van der Waals surface area contributed by atoms with Crippen LogP contribution in [0.5, 0.6) is 11.5 Å². The van der Waals surface area contributed by atoms with E-state index >= 15 is 0 Å². The number of aromatic nitrogens is 1. The molecule has 1 saturated heterocycles. The Labute approximate surface area is 196 Å². The Morgan fingerprint density at radius 1 is 1.12 bits per heavy atom. The Morgan fingerprint density at radius 2 is 1.91 bits per heavy atom. The first-order valence-electron chi connectivity index (χ1n) is 10.8. The molecular weight excluding hydrogens is 440 g/mol. The average Bonchev–Trinajstić information content (AvgIpc) is 3.39. The van der Waals surface area contributed by atoms with Gasteiger partial charge in [0.1, 0.15) is 5.76 Å². The molecule has 1 aliphatic heterocycles. The van der Waals surface area contributed by atoms with E-state index in [1.807, 2.05) is 42.5 Å². The molecule has 9 heteroatoms. The third-order valence-corrected chi connectivity index (χ3v) is 5.37. The Bertz CT molecular complexity index is 1200. The summed E-state index contributed by atoms with van der Waals surface area (Å²) >= 11 is 0. The summed E-state index contributed by atoms with van der Waals surface area (Å²) in [6.45, 7) is 1.47. The van der Waals surface area contributed by atoms with Crippen molar-refractivity contribution in [2.75, 3.05) is 13.7 Å². The number of nitrogens with one attached hydrogen (secondary N) is 1. The van der Waals surface area contributed by atoms with Gasteiger partial charge in [0, 0.05) is 5.56 Å². The minimum atomic E-state index is -0.745. The summed E-state index contributed by atoms with van der Waals surface area (Å²) < 4.78 is 21.7. The number of methoxy groups -OCH3 is 1. The van der Waals surface area contributed by atoms with Crippen LogP contribution in [0.1, 0.15) is 34.7 Å². The molecule has 1 unspecified atom stereocenters. The van der Waals surface area contributed by atoms with Crippen LogP contribution in [0.4, 0.5) is 4.79 Å². The Morgan fingerprint density at radius 3 is 2.62 bits per heavy atom. The molecule has 0 spiro atoms. The lowest BCUT2D eigenvalue weighted by Gasteiger charge is -2.12. The van der Waals surface area contributed by atoms with E-state index in [1.54, 1.807) is 13.0 Å². The minimum Gasteiger partial charge on any atom is -0.493 e. The Kier molecular flexibility index (Phi) is 6.91. The molecule has 0 bridgehead atoms. The number of oxazole rings is 1. The van der Waals surface area contributed by atoms with E-state index in [9.17, 15) is 14.4 Å². The summed E-state index contributed by atoms with van der Waals surface area (Å²) in [4.78, 5) is 39.7. The molecule has 0 saturated carbocycles. The smallest absolute Gasteiger partial charge is 0.414 e. The molecule has 0 aliphatic carbocycles. The molecule has 9 nitrogen and oxygen atoms in total. The van der Waals surface area contributed by atoms with Crippen LogP contribution >= 0.6 is 0 Å². The molecule has 3 aromatic rings. The number of alkyl carbamates (subject to hydrolysis) is 1.